The van der Waals surface area contributed by atoms with E-state index in [-0.39, 0.29) is 0 Å². The molecule has 0 fully saturated rings. The Morgan fingerprint density at radius 2 is 1.93 bits per heavy atom. The number of pyridine rings is 2. The minimum atomic E-state index is 0.486. The summed E-state index contributed by atoms with van der Waals surface area (Å²) in [4.78, 5) is 8.80. The zero-order valence-electron chi connectivity index (χ0n) is 16.1. The number of halogens is 1. The molecule has 0 amide bonds. The van der Waals surface area contributed by atoms with Gasteiger partial charge in [0.2, 0.25) is 0 Å². The van der Waals surface area contributed by atoms with Gasteiger partial charge >= 0.3 is 0 Å². The molecule has 0 spiro atoms. The van der Waals surface area contributed by atoms with Gasteiger partial charge in [0.15, 0.2) is 0 Å². The van der Waals surface area contributed by atoms with Crippen LogP contribution in [0.1, 0.15) is 11.3 Å². The van der Waals surface area contributed by atoms with Gasteiger partial charge in [-0.2, -0.15) is 5.10 Å². The first-order chi connectivity index (χ1) is 14.2. The van der Waals surface area contributed by atoms with Gasteiger partial charge in [0.25, 0.3) is 0 Å². The van der Waals surface area contributed by atoms with E-state index in [1.165, 1.54) is 0 Å². The van der Waals surface area contributed by atoms with Crippen molar-refractivity contribution in [1.82, 2.24) is 19.7 Å². The molecular formula is C21H20ClN5O2. The molecule has 0 aliphatic heterocycles. The molecule has 148 valence electrons. The Morgan fingerprint density at radius 3 is 2.69 bits per heavy atom. The second-order valence-electron chi connectivity index (χ2n) is 6.35. The lowest BCUT2D eigenvalue weighted by Gasteiger charge is -2.12. The van der Waals surface area contributed by atoms with Gasteiger partial charge in [-0.1, -0.05) is 17.7 Å². The molecular weight excluding hydrogens is 390 g/mol. The van der Waals surface area contributed by atoms with Gasteiger partial charge in [-0.15, -0.1) is 0 Å². The fourth-order valence-corrected chi connectivity index (χ4v) is 3.39. The Hall–Kier alpha value is -3.32. The van der Waals surface area contributed by atoms with Crippen LogP contribution in [0.2, 0.25) is 5.15 Å². The monoisotopic (exact) mass is 409 g/mol. The van der Waals surface area contributed by atoms with Gasteiger partial charge in [-0.25, -0.2) is 9.67 Å². The van der Waals surface area contributed by atoms with E-state index in [2.05, 4.69) is 20.4 Å². The van der Waals surface area contributed by atoms with Crippen molar-refractivity contribution in [3.63, 3.8) is 0 Å². The van der Waals surface area contributed by atoms with Crippen LogP contribution in [-0.2, 0) is 13.1 Å². The zero-order chi connectivity index (χ0) is 20.2. The Kier molecular flexibility index (Phi) is 5.48. The van der Waals surface area contributed by atoms with Crippen molar-refractivity contribution in [2.75, 3.05) is 19.5 Å². The molecule has 0 saturated heterocycles. The lowest BCUT2D eigenvalue weighted by atomic mass is 10.2. The third-order valence-corrected chi connectivity index (χ3v) is 4.95. The number of methoxy groups -OCH3 is 2. The first kappa shape index (κ1) is 19.0. The predicted molar refractivity (Wildman–Crippen MR) is 113 cm³/mol. The first-order valence-corrected chi connectivity index (χ1v) is 9.43. The highest BCUT2D eigenvalue weighted by atomic mass is 35.5. The lowest BCUT2D eigenvalue weighted by Crippen LogP contribution is -2.04. The van der Waals surface area contributed by atoms with Gasteiger partial charge in [0.1, 0.15) is 22.5 Å². The number of anilines is 1. The molecule has 8 heteroatoms. The summed E-state index contributed by atoms with van der Waals surface area (Å²) in [5, 5.41) is 9.24. The molecule has 4 aromatic rings. The van der Waals surface area contributed by atoms with E-state index in [0.717, 1.165) is 33.7 Å². The van der Waals surface area contributed by atoms with Crippen molar-refractivity contribution in [1.29, 1.82) is 0 Å². The smallest absolute Gasteiger partial charge is 0.139 e. The molecule has 0 atom stereocenters. The number of benzene rings is 1. The van der Waals surface area contributed by atoms with Crippen LogP contribution in [0.4, 0.5) is 5.82 Å². The van der Waals surface area contributed by atoms with Crippen LogP contribution < -0.4 is 14.8 Å². The molecule has 7 nitrogen and oxygen atoms in total. The van der Waals surface area contributed by atoms with Gasteiger partial charge in [0, 0.05) is 30.6 Å². The van der Waals surface area contributed by atoms with Crippen molar-refractivity contribution in [3.05, 3.63) is 71.3 Å². The molecule has 1 N–H and O–H groups in total. The molecule has 0 aliphatic carbocycles. The van der Waals surface area contributed by atoms with Crippen molar-refractivity contribution >= 4 is 28.3 Å². The zero-order valence-corrected chi connectivity index (χ0v) is 16.8. The number of nitrogens with one attached hydrogen (secondary N) is 1. The molecule has 0 aliphatic rings. The summed E-state index contributed by atoms with van der Waals surface area (Å²) in [6, 6.07) is 13.3. The van der Waals surface area contributed by atoms with Crippen molar-refractivity contribution < 1.29 is 9.47 Å². The molecule has 3 aromatic heterocycles. The quantitative estimate of drug-likeness (QED) is 0.494. The summed E-state index contributed by atoms with van der Waals surface area (Å²) in [7, 11) is 3.26. The van der Waals surface area contributed by atoms with Crippen molar-refractivity contribution in [2.45, 2.75) is 13.1 Å². The van der Waals surface area contributed by atoms with Gasteiger partial charge in [0.05, 0.1) is 37.4 Å². The summed E-state index contributed by atoms with van der Waals surface area (Å²) < 4.78 is 12.5. The summed E-state index contributed by atoms with van der Waals surface area (Å²) in [5.41, 5.74) is 2.63. The number of hydrogen-bond donors (Lipinski definition) is 1. The maximum absolute atomic E-state index is 6.64. The fraction of sp³-hybridized carbons (Fsp3) is 0.190. The predicted octanol–water partition coefficient (Wildman–Crippen LogP) is 4.16. The van der Waals surface area contributed by atoms with E-state index in [1.807, 2.05) is 42.5 Å². The minimum absolute atomic E-state index is 0.486. The summed E-state index contributed by atoms with van der Waals surface area (Å²) in [6.45, 7) is 1.00. The maximum Gasteiger partial charge on any atom is 0.139 e. The van der Waals surface area contributed by atoms with Crippen LogP contribution in [0.15, 0.2) is 54.9 Å². The van der Waals surface area contributed by atoms with Crippen LogP contribution in [0.5, 0.6) is 11.5 Å². The van der Waals surface area contributed by atoms with Gasteiger partial charge < -0.3 is 14.8 Å². The topological polar surface area (TPSA) is 74.1 Å². The Balaban J connectivity index is 1.61. The molecule has 29 heavy (non-hydrogen) atoms. The number of aromatic nitrogens is 4. The van der Waals surface area contributed by atoms with E-state index in [1.54, 1.807) is 31.3 Å². The van der Waals surface area contributed by atoms with Crippen LogP contribution in [0, 0.1) is 0 Å². The van der Waals surface area contributed by atoms with E-state index in [0.29, 0.717) is 24.1 Å². The lowest BCUT2D eigenvalue weighted by molar-refractivity contribution is 0.391. The normalized spacial score (nSPS) is 10.9. The van der Waals surface area contributed by atoms with Gasteiger partial charge in [-0.3, -0.25) is 4.98 Å². The Labute approximate surface area is 173 Å². The second-order valence-corrected chi connectivity index (χ2v) is 6.71. The highest BCUT2D eigenvalue weighted by Gasteiger charge is 2.15. The van der Waals surface area contributed by atoms with Crippen LogP contribution in [-0.4, -0.2) is 34.0 Å². The fourth-order valence-electron chi connectivity index (χ4n) is 3.10. The molecule has 0 unspecified atom stereocenters. The Bertz CT molecular complexity index is 1130. The standard InChI is InChI=1S/C21H20ClN5O2/c1-28-16-7-6-14(18(11-16)29-2)12-25-21-19-17(8-10-24-21)26-27(20(19)22)13-15-5-3-4-9-23-15/h3-11H,12-13H2,1-2H3,(H,24,25). The first-order valence-electron chi connectivity index (χ1n) is 9.05. The highest BCUT2D eigenvalue weighted by Crippen LogP contribution is 2.31. The molecule has 3 heterocycles. The summed E-state index contributed by atoms with van der Waals surface area (Å²) in [5.74, 6) is 2.14. The Morgan fingerprint density at radius 1 is 1.03 bits per heavy atom. The third kappa shape index (κ3) is 3.95. The van der Waals surface area contributed by atoms with Gasteiger partial charge in [-0.05, 0) is 30.3 Å². The summed E-state index contributed by atoms with van der Waals surface area (Å²) in [6.07, 6.45) is 3.47. The molecule has 0 bridgehead atoms. The highest BCUT2D eigenvalue weighted by molar-refractivity contribution is 6.35. The van der Waals surface area contributed by atoms with Crippen molar-refractivity contribution in [3.8, 4) is 11.5 Å². The van der Waals surface area contributed by atoms with Crippen LogP contribution in [0.3, 0.4) is 0 Å². The van der Waals surface area contributed by atoms with E-state index in [4.69, 9.17) is 21.1 Å². The number of fused-ring (bicyclic) bond motifs is 1. The minimum Gasteiger partial charge on any atom is -0.497 e. The molecule has 0 radical (unpaired) electrons. The third-order valence-electron chi connectivity index (χ3n) is 4.57. The largest absolute Gasteiger partial charge is 0.497 e. The van der Waals surface area contributed by atoms with E-state index >= 15 is 0 Å². The van der Waals surface area contributed by atoms with Crippen LogP contribution in [0.25, 0.3) is 10.9 Å². The molecule has 1 aromatic carbocycles. The molecule has 4 rings (SSSR count). The molecule has 0 saturated carbocycles. The SMILES string of the molecule is COc1ccc(CNc2nccc3nn(Cc4ccccn4)c(Cl)c23)c(OC)c1. The second kappa shape index (κ2) is 8.36. The number of hydrogen-bond acceptors (Lipinski definition) is 6. The van der Waals surface area contributed by atoms with Crippen LogP contribution >= 0.6 is 11.6 Å². The number of nitrogens with zero attached hydrogens (tertiary/aromatic N) is 4. The maximum atomic E-state index is 6.64. The summed E-state index contributed by atoms with van der Waals surface area (Å²) >= 11 is 6.64. The number of ether oxygens (including phenoxy) is 2. The van der Waals surface area contributed by atoms with E-state index < -0.39 is 0 Å². The number of rotatable bonds is 7. The van der Waals surface area contributed by atoms with Crippen molar-refractivity contribution in [2.24, 2.45) is 0 Å². The average Bonchev–Trinajstić information content (AvgIpc) is 3.08. The van der Waals surface area contributed by atoms with E-state index in [9.17, 15) is 0 Å². The average molecular weight is 410 g/mol.